The maximum Gasteiger partial charge on any atom is 0.289 e. The Morgan fingerprint density at radius 1 is 0.815 bits per heavy atom. The second kappa shape index (κ2) is 7.25. The third-order valence-electron chi connectivity index (χ3n) is 4.60. The smallest absolute Gasteiger partial charge is 0.289 e. The van der Waals surface area contributed by atoms with Crippen LogP contribution in [0.3, 0.4) is 0 Å². The monoisotopic (exact) mass is 402 g/mol. The van der Waals surface area contributed by atoms with E-state index in [2.05, 4.69) is 0 Å². The topological polar surface area (TPSA) is 53.8 Å². The van der Waals surface area contributed by atoms with Gasteiger partial charge in [0, 0.05) is 47.2 Å². The molecule has 1 aliphatic heterocycles. The van der Waals surface area contributed by atoms with Crippen LogP contribution >= 0.6 is 23.2 Å². The highest BCUT2D eigenvalue weighted by molar-refractivity contribution is 6.35. The number of carbonyl (C=O) groups excluding carboxylic acids is 2. The van der Waals surface area contributed by atoms with E-state index in [0.717, 1.165) is 5.39 Å². The van der Waals surface area contributed by atoms with Gasteiger partial charge >= 0.3 is 0 Å². The molecule has 3 aromatic rings. The molecule has 0 aliphatic carbocycles. The van der Waals surface area contributed by atoms with Crippen LogP contribution in [0.1, 0.15) is 20.9 Å². The normalized spacial score (nSPS) is 14.6. The van der Waals surface area contributed by atoms with E-state index in [-0.39, 0.29) is 11.8 Å². The SMILES string of the molecule is O=C(c1cc(Cl)cc(Cl)c1)N1CCN(C(=O)c2cc3ccccc3o2)CC1. The van der Waals surface area contributed by atoms with Crippen molar-refractivity contribution in [2.75, 3.05) is 26.2 Å². The third kappa shape index (κ3) is 3.66. The van der Waals surface area contributed by atoms with Gasteiger partial charge in [0.15, 0.2) is 5.76 Å². The summed E-state index contributed by atoms with van der Waals surface area (Å²) < 4.78 is 5.65. The van der Waals surface area contributed by atoms with E-state index >= 15 is 0 Å². The molecule has 4 rings (SSSR count). The van der Waals surface area contributed by atoms with Crippen LogP contribution in [0.4, 0.5) is 0 Å². The van der Waals surface area contributed by atoms with E-state index in [9.17, 15) is 9.59 Å². The maximum atomic E-state index is 12.7. The lowest BCUT2D eigenvalue weighted by molar-refractivity contribution is 0.0519. The summed E-state index contributed by atoms with van der Waals surface area (Å²) >= 11 is 12.0. The molecule has 0 N–H and O–H groups in total. The summed E-state index contributed by atoms with van der Waals surface area (Å²) in [6, 6.07) is 14.0. The Morgan fingerprint density at radius 2 is 1.41 bits per heavy atom. The number of hydrogen-bond acceptors (Lipinski definition) is 3. The average Bonchev–Trinajstić information content (AvgIpc) is 3.10. The lowest BCUT2D eigenvalue weighted by atomic mass is 10.1. The Bertz CT molecular complexity index is 970. The van der Waals surface area contributed by atoms with Gasteiger partial charge in [-0.05, 0) is 30.3 Å². The zero-order chi connectivity index (χ0) is 19.0. The Morgan fingerprint density at radius 3 is 2.04 bits per heavy atom. The second-order valence-electron chi connectivity index (χ2n) is 6.39. The van der Waals surface area contributed by atoms with Gasteiger partial charge in [-0.2, -0.15) is 0 Å². The molecular weight excluding hydrogens is 387 g/mol. The molecule has 0 radical (unpaired) electrons. The van der Waals surface area contributed by atoms with Gasteiger partial charge in [-0.25, -0.2) is 0 Å². The molecule has 2 aromatic carbocycles. The molecule has 2 amide bonds. The molecule has 1 saturated heterocycles. The molecule has 27 heavy (non-hydrogen) atoms. The molecule has 0 atom stereocenters. The molecule has 2 heterocycles. The van der Waals surface area contributed by atoms with E-state index in [1.54, 1.807) is 34.1 Å². The zero-order valence-electron chi connectivity index (χ0n) is 14.3. The first-order valence-corrected chi connectivity index (χ1v) is 9.30. The summed E-state index contributed by atoms with van der Waals surface area (Å²) in [4.78, 5) is 28.8. The number of halogens is 2. The average molecular weight is 403 g/mol. The summed E-state index contributed by atoms with van der Waals surface area (Å²) in [6.07, 6.45) is 0. The lowest BCUT2D eigenvalue weighted by Crippen LogP contribution is -2.50. The first-order valence-electron chi connectivity index (χ1n) is 8.54. The van der Waals surface area contributed by atoms with Crippen LogP contribution in [-0.2, 0) is 0 Å². The maximum absolute atomic E-state index is 12.7. The van der Waals surface area contributed by atoms with Crippen LogP contribution in [0.2, 0.25) is 10.0 Å². The largest absolute Gasteiger partial charge is 0.451 e. The minimum absolute atomic E-state index is 0.143. The van der Waals surface area contributed by atoms with E-state index in [1.807, 2.05) is 24.3 Å². The van der Waals surface area contributed by atoms with Crippen molar-refractivity contribution in [3.05, 3.63) is 69.9 Å². The van der Waals surface area contributed by atoms with Crippen molar-refractivity contribution in [3.8, 4) is 0 Å². The van der Waals surface area contributed by atoms with E-state index in [1.165, 1.54) is 0 Å². The fourth-order valence-corrected chi connectivity index (χ4v) is 3.74. The molecular formula is C20H16Cl2N2O3. The lowest BCUT2D eigenvalue weighted by Gasteiger charge is -2.34. The number of nitrogens with zero attached hydrogens (tertiary/aromatic N) is 2. The summed E-state index contributed by atoms with van der Waals surface area (Å²) in [7, 11) is 0. The summed E-state index contributed by atoms with van der Waals surface area (Å²) in [6.45, 7) is 1.76. The molecule has 0 spiro atoms. The fraction of sp³-hybridized carbons (Fsp3) is 0.200. The first kappa shape index (κ1) is 17.9. The van der Waals surface area contributed by atoms with Crippen LogP contribution < -0.4 is 0 Å². The molecule has 0 saturated carbocycles. The molecule has 0 unspecified atom stereocenters. The van der Waals surface area contributed by atoms with E-state index < -0.39 is 0 Å². The van der Waals surface area contributed by atoms with Crippen LogP contribution in [-0.4, -0.2) is 47.8 Å². The highest BCUT2D eigenvalue weighted by atomic mass is 35.5. The van der Waals surface area contributed by atoms with Gasteiger partial charge in [0.25, 0.3) is 11.8 Å². The van der Waals surface area contributed by atoms with Gasteiger partial charge in [-0.1, -0.05) is 41.4 Å². The summed E-state index contributed by atoms with van der Waals surface area (Å²) in [5.74, 6) is 0.0111. The van der Waals surface area contributed by atoms with Crippen molar-refractivity contribution in [1.29, 1.82) is 0 Å². The molecule has 7 heteroatoms. The third-order valence-corrected chi connectivity index (χ3v) is 5.04. The standard InChI is InChI=1S/C20H16Cl2N2O3/c21-15-9-14(10-16(22)12-15)19(25)23-5-7-24(8-6-23)20(26)18-11-13-3-1-2-4-17(13)27-18/h1-4,9-12H,5-8H2. The molecule has 138 valence electrons. The minimum Gasteiger partial charge on any atom is -0.451 e. The number of para-hydroxylation sites is 1. The quantitative estimate of drug-likeness (QED) is 0.640. The summed E-state index contributed by atoms with van der Waals surface area (Å²) in [5.41, 5.74) is 1.14. The predicted molar refractivity (Wildman–Crippen MR) is 104 cm³/mol. The zero-order valence-corrected chi connectivity index (χ0v) is 15.8. The van der Waals surface area contributed by atoms with Crippen molar-refractivity contribution in [3.63, 3.8) is 0 Å². The van der Waals surface area contributed by atoms with Gasteiger partial charge in [-0.15, -0.1) is 0 Å². The Kier molecular flexibility index (Phi) is 4.81. The molecule has 1 fully saturated rings. The number of benzene rings is 2. The number of rotatable bonds is 2. The number of carbonyl (C=O) groups is 2. The fourth-order valence-electron chi connectivity index (χ4n) is 3.22. The summed E-state index contributed by atoms with van der Waals surface area (Å²) in [5, 5.41) is 1.74. The number of hydrogen-bond donors (Lipinski definition) is 0. The van der Waals surface area contributed by atoms with Gasteiger partial charge in [0.05, 0.1) is 0 Å². The van der Waals surface area contributed by atoms with Gasteiger partial charge in [-0.3, -0.25) is 9.59 Å². The number of piperazine rings is 1. The predicted octanol–water partition coefficient (Wildman–Crippen LogP) is 4.34. The van der Waals surface area contributed by atoms with Crippen molar-refractivity contribution in [2.24, 2.45) is 0 Å². The Hall–Kier alpha value is -2.50. The van der Waals surface area contributed by atoms with Crippen molar-refractivity contribution < 1.29 is 14.0 Å². The number of amides is 2. The Labute approximate surface area is 166 Å². The van der Waals surface area contributed by atoms with Crippen molar-refractivity contribution >= 4 is 46.0 Å². The molecule has 0 bridgehead atoms. The van der Waals surface area contributed by atoms with Crippen molar-refractivity contribution in [1.82, 2.24) is 9.80 Å². The van der Waals surface area contributed by atoms with E-state index in [0.29, 0.717) is 53.1 Å². The highest BCUT2D eigenvalue weighted by Gasteiger charge is 2.27. The van der Waals surface area contributed by atoms with Gasteiger partial charge in [0.2, 0.25) is 0 Å². The molecule has 1 aliphatic rings. The molecule has 1 aromatic heterocycles. The molecule has 5 nitrogen and oxygen atoms in total. The van der Waals surface area contributed by atoms with E-state index in [4.69, 9.17) is 27.6 Å². The second-order valence-corrected chi connectivity index (χ2v) is 7.26. The van der Waals surface area contributed by atoms with Crippen LogP contribution in [0, 0.1) is 0 Å². The van der Waals surface area contributed by atoms with Crippen LogP contribution in [0.15, 0.2) is 52.9 Å². The van der Waals surface area contributed by atoms with Gasteiger partial charge in [0.1, 0.15) is 5.58 Å². The first-order chi connectivity index (χ1) is 13.0. The van der Waals surface area contributed by atoms with Crippen LogP contribution in [0.25, 0.3) is 11.0 Å². The van der Waals surface area contributed by atoms with Crippen LogP contribution in [0.5, 0.6) is 0 Å². The number of furan rings is 1. The minimum atomic E-state index is -0.163. The van der Waals surface area contributed by atoms with Gasteiger partial charge < -0.3 is 14.2 Å². The van der Waals surface area contributed by atoms with Crippen molar-refractivity contribution in [2.45, 2.75) is 0 Å². The highest BCUT2D eigenvalue weighted by Crippen LogP contribution is 2.22. The Balaban J connectivity index is 1.43. The number of fused-ring (bicyclic) bond motifs is 1.